The molecule has 0 bridgehead atoms. The third-order valence-electron chi connectivity index (χ3n) is 4.29. The summed E-state index contributed by atoms with van der Waals surface area (Å²) >= 11 is 0. The maximum atomic E-state index is 2.59. The molecule has 1 heterocycles. The van der Waals surface area contributed by atoms with Gasteiger partial charge in [0.2, 0.25) is 0 Å². The molecule has 0 radical (unpaired) electrons. The molecule has 0 aromatic heterocycles. The molecule has 2 unspecified atom stereocenters. The number of nitrogens with zero attached hydrogens (tertiary/aromatic N) is 1. The summed E-state index contributed by atoms with van der Waals surface area (Å²) in [6.07, 6.45) is 1.42. The monoisotopic (exact) mass is 201 g/mol. The molecule has 0 N–H and O–H groups in total. The molecule has 15 heavy (non-hydrogen) atoms. The molecular weight excluding hydrogens is 182 g/mol. The van der Waals surface area contributed by atoms with Gasteiger partial charge in [0, 0.05) is 18.5 Å². The maximum Gasteiger partial charge on any atom is 0.0124 e. The molecule has 1 aliphatic carbocycles. The van der Waals surface area contributed by atoms with E-state index in [1.807, 2.05) is 0 Å². The first-order chi connectivity index (χ1) is 7.24. The normalized spacial score (nSPS) is 34.1. The van der Waals surface area contributed by atoms with Crippen LogP contribution in [-0.2, 0) is 5.41 Å². The first kappa shape index (κ1) is 9.41. The van der Waals surface area contributed by atoms with Gasteiger partial charge < -0.3 is 4.90 Å². The zero-order valence-corrected chi connectivity index (χ0v) is 9.66. The van der Waals surface area contributed by atoms with Crippen molar-refractivity contribution in [3.05, 3.63) is 35.4 Å². The van der Waals surface area contributed by atoms with Crippen LogP contribution in [0.15, 0.2) is 24.3 Å². The van der Waals surface area contributed by atoms with E-state index in [0.29, 0.717) is 5.41 Å². The van der Waals surface area contributed by atoms with Crippen LogP contribution in [0.5, 0.6) is 0 Å². The number of hydrogen-bond donors (Lipinski definition) is 0. The Bertz CT molecular complexity index is 367. The van der Waals surface area contributed by atoms with E-state index in [2.05, 4.69) is 43.0 Å². The molecule has 1 aromatic rings. The first-order valence-corrected chi connectivity index (χ1v) is 6.04. The smallest absolute Gasteiger partial charge is 0.0124 e. The van der Waals surface area contributed by atoms with E-state index in [9.17, 15) is 0 Å². The van der Waals surface area contributed by atoms with Crippen LogP contribution in [0.4, 0.5) is 0 Å². The molecule has 3 rings (SSSR count). The Kier molecular flexibility index (Phi) is 1.93. The summed E-state index contributed by atoms with van der Waals surface area (Å²) in [6, 6.07) is 9.20. The minimum atomic E-state index is 0.545. The lowest BCUT2D eigenvalue weighted by molar-refractivity contribution is 0.314. The van der Waals surface area contributed by atoms with Gasteiger partial charge in [-0.15, -0.1) is 0 Å². The van der Waals surface area contributed by atoms with Crippen LogP contribution in [0.3, 0.4) is 0 Å². The van der Waals surface area contributed by atoms with E-state index in [-0.39, 0.29) is 0 Å². The molecular formula is C14H19N. The van der Waals surface area contributed by atoms with Gasteiger partial charge >= 0.3 is 0 Å². The summed E-state index contributed by atoms with van der Waals surface area (Å²) in [5.74, 6) is 0.945. The average molecular weight is 201 g/mol. The highest BCUT2D eigenvalue weighted by molar-refractivity contribution is 5.38. The van der Waals surface area contributed by atoms with Gasteiger partial charge in [0.25, 0.3) is 0 Å². The fourth-order valence-corrected chi connectivity index (χ4v) is 3.16. The van der Waals surface area contributed by atoms with Crippen LogP contribution >= 0.6 is 0 Å². The van der Waals surface area contributed by atoms with Gasteiger partial charge in [-0.05, 0) is 31.4 Å². The molecule has 1 aromatic carbocycles. The lowest BCUT2D eigenvalue weighted by atomic mass is 9.94. The number of piperidine rings is 1. The highest BCUT2D eigenvalue weighted by atomic mass is 15.2. The van der Waals surface area contributed by atoms with Crippen molar-refractivity contribution < 1.29 is 0 Å². The quantitative estimate of drug-likeness (QED) is 0.711. The standard InChI is InChI=1S/C14H19N/c1-3-15-9-13-8-14(13,10-15)12-6-4-11(2)5-7-12/h4-7,13H,3,8-10H2,1-2H3. The molecule has 2 fully saturated rings. The molecule has 1 saturated carbocycles. The van der Waals surface area contributed by atoms with Gasteiger partial charge in [-0.2, -0.15) is 0 Å². The molecule has 0 spiro atoms. The molecule has 1 aliphatic heterocycles. The number of aryl methyl sites for hydroxylation is 1. The lowest BCUT2D eigenvalue weighted by Gasteiger charge is -2.19. The minimum Gasteiger partial charge on any atom is -0.302 e. The SMILES string of the molecule is CCN1CC2CC2(c2ccc(C)cc2)C1. The Morgan fingerprint density at radius 1 is 1.33 bits per heavy atom. The van der Waals surface area contributed by atoms with Crippen molar-refractivity contribution in [2.45, 2.75) is 25.7 Å². The second kappa shape index (κ2) is 3.08. The van der Waals surface area contributed by atoms with Crippen molar-refractivity contribution in [1.82, 2.24) is 4.90 Å². The van der Waals surface area contributed by atoms with Crippen molar-refractivity contribution in [2.24, 2.45) is 5.92 Å². The zero-order valence-electron chi connectivity index (χ0n) is 9.66. The van der Waals surface area contributed by atoms with E-state index in [4.69, 9.17) is 0 Å². The molecule has 80 valence electrons. The molecule has 1 heteroatoms. The first-order valence-electron chi connectivity index (χ1n) is 6.04. The number of hydrogen-bond acceptors (Lipinski definition) is 1. The average Bonchev–Trinajstić information content (AvgIpc) is 2.83. The van der Waals surface area contributed by atoms with Crippen LogP contribution in [0.25, 0.3) is 0 Å². The van der Waals surface area contributed by atoms with Crippen molar-refractivity contribution in [1.29, 1.82) is 0 Å². The summed E-state index contributed by atoms with van der Waals surface area (Å²) < 4.78 is 0. The third kappa shape index (κ3) is 1.33. The molecule has 1 saturated heterocycles. The summed E-state index contributed by atoms with van der Waals surface area (Å²) in [4.78, 5) is 2.59. The van der Waals surface area contributed by atoms with E-state index in [0.717, 1.165) is 5.92 Å². The minimum absolute atomic E-state index is 0.545. The van der Waals surface area contributed by atoms with Crippen LogP contribution in [0.2, 0.25) is 0 Å². The van der Waals surface area contributed by atoms with Crippen LogP contribution in [0.1, 0.15) is 24.5 Å². The Morgan fingerprint density at radius 3 is 2.67 bits per heavy atom. The summed E-state index contributed by atoms with van der Waals surface area (Å²) in [6.45, 7) is 8.26. The second-order valence-electron chi connectivity index (χ2n) is 5.25. The lowest BCUT2D eigenvalue weighted by Crippen LogP contribution is -2.26. The van der Waals surface area contributed by atoms with Crippen molar-refractivity contribution >= 4 is 0 Å². The Labute approximate surface area is 92.1 Å². The predicted octanol–water partition coefficient (Wildman–Crippen LogP) is 2.59. The van der Waals surface area contributed by atoms with Crippen molar-refractivity contribution in [3.63, 3.8) is 0 Å². The number of likely N-dealkylation sites (N-methyl/N-ethyl adjacent to an activating group) is 1. The largest absolute Gasteiger partial charge is 0.302 e. The van der Waals surface area contributed by atoms with Crippen LogP contribution in [-0.4, -0.2) is 24.5 Å². The van der Waals surface area contributed by atoms with Crippen LogP contribution in [0, 0.1) is 12.8 Å². The predicted molar refractivity (Wildman–Crippen MR) is 63.1 cm³/mol. The fourth-order valence-electron chi connectivity index (χ4n) is 3.16. The number of rotatable bonds is 2. The van der Waals surface area contributed by atoms with Gasteiger partial charge in [0.15, 0.2) is 0 Å². The van der Waals surface area contributed by atoms with E-state index >= 15 is 0 Å². The Hall–Kier alpha value is -0.820. The topological polar surface area (TPSA) is 3.24 Å². The summed E-state index contributed by atoms with van der Waals surface area (Å²) in [5.41, 5.74) is 3.50. The Morgan fingerprint density at radius 2 is 2.07 bits per heavy atom. The van der Waals surface area contributed by atoms with Crippen LogP contribution < -0.4 is 0 Å². The zero-order chi connectivity index (χ0) is 10.5. The number of likely N-dealkylation sites (tertiary alicyclic amines) is 1. The molecule has 2 atom stereocenters. The van der Waals surface area contributed by atoms with Gasteiger partial charge in [0.05, 0.1) is 0 Å². The highest BCUT2D eigenvalue weighted by Crippen LogP contribution is 2.58. The fraction of sp³-hybridized carbons (Fsp3) is 0.571. The summed E-state index contributed by atoms with van der Waals surface area (Å²) in [7, 11) is 0. The third-order valence-corrected chi connectivity index (χ3v) is 4.29. The molecule has 2 aliphatic rings. The van der Waals surface area contributed by atoms with E-state index in [1.54, 1.807) is 5.56 Å². The maximum absolute atomic E-state index is 2.59. The van der Waals surface area contributed by atoms with Gasteiger partial charge in [-0.25, -0.2) is 0 Å². The van der Waals surface area contributed by atoms with Crippen molar-refractivity contribution in [2.75, 3.05) is 19.6 Å². The van der Waals surface area contributed by atoms with E-state index < -0.39 is 0 Å². The number of fused-ring (bicyclic) bond motifs is 1. The number of benzene rings is 1. The van der Waals surface area contributed by atoms with Gasteiger partial charge in [-0.1, -0.05) is 36.8 Å². The summed E-state index contributed by atoms with van der Waals surface area (Å²) in [5, 5.41) is 0. The van der Waals surface area contributed by atoms with Crippen molar-refractivity contribution in [3.8, 4) is 0 Å². The highest BCUT2D eigenvalue weighted by Gasteiger charge is 2.60. The molecule has 0 amide bonds. The van der Waals surface area contributed by atoms with Gasteiger partial charge in [-0.3, -0.25) is 0 Å². The second-order valence-corrected chi connectivity index (χ2v) is 5.25. The van der Waals surface area contributed by atoms with Gasteiger partial charge in [0.1, 0.15) is 0 Å². The van der Waals surface area contributed by atoms with E-state index in [1.165, 1.54) is 31.6 Å². The Balaban J connectivity index is 1.87. The molecule has 1 nitrogen and oxygen atoms in total.